The highest BCUT2D eigenvalue weighted by Gasteiger charge is 2.33. The summed E-state index contributed by atoms with van der Waals surface area (Å²) in [5.41, 5.74) is 7.85. The molecule has 0 spiro atoms. The zero-order valence-corrected chi connectivity index (χ0v) is 28.4. The maximum Gasteiger partial charge on any atom is 0.326 e. The largest absolute Gasteiger partial charge is 0.508 e. The Bertz CT molecular complexity index is 1760. The van der Waals surface area contributed by atoms with Gasteiger partial charge in [-0.25, -0.2) is 4.79 Å². The average molecular weight is 726 g/mol. The topological polar surface area (TPSA) is 302 Å². The van der Waals surface area contributed by atoms with E-state index in [2.05, 4.69) is 31.6 Å². The van der Waals surface area contributed by atoms with E-state index >= 15 is 0 Å². The fourth-order valence-corrected chi connectivity index (χ4v) is 5.14. The summed E-state index contributed by atoms with van der Waals surface area (Å²) in [6, 6.07) is 5.78. The zero-order chi connectivity index (χ0) is 38.5. The number of amides is 5. The quantitative estimate of drug-likeness (QED) is 0.0656. The Kier molecular flexibility index (Phi) is 14.6. The van der Waals surface area contributed by atoms with E-state index in [0.717, 1.165) is 10.9 Å². The molecule has 18 heteroatoms. The molecule has 3 aromatic rings. The van der Waals surface area contributed by atoms with Crippen LogP contribution in [-0.2, 0) is 46.4 Å². The molecule has 12 N–H and O–H groups in total. The van der Waals surface area contributed by atoms with Crippen molar-refractivity contribution in [1.82, 2.24) is 31.6 Å². The lowest BCUT2D eigenvalue weighted by atomic mass is 10.0. The van der Waals surface area contributed by atoms with Gasteiger partial charge in [0.15, 0.2) is 0 Å². The first kappa shape index (κ1) is 40.4. The molecule has 2 aromatic carbocycles. The lowest BCUT2D eigenvalue weighted by Gasteiger charge is -2.26. The Morgan fingerprint density at radius 1 is 0.769 bits per heavy atom. The lowest BCUT2D eigenvalue weighted by Crippen LogP contribution is -2.60. The van der Waals surface area contributed by atoms with Gasteiger partial charge in [0.25, 0.3) is 0 Å². The highest BCUT2D eigenvalue weighted by atomic mass is 16.4. The van der Waals surface area contributed by atoms with Crippen molar-refractivity contribution in [2.75, 3.05) is 13.2 Å². The molecular weight excluding hydrogens is 682 g/mol. The second-order valence-electron chi connectivity index (χ2n) is 12.3. The number of aliphatic hydroxyl groups excluding tert-OH is 1. The first-order valence-electron chi connectivity index (χ1n) is 16.2. The highest BCUT2D eigenvalue weighted by Crippen LogP contribution is 2.19. The minimum atomic E-state index is -1.76. The van der Waals surface area contributed by atoms with E-state index in [-0.39, 0.29) is 18.6 Å². The van der Waals surface area contributed by atoms with Crippen molar-refractivity contribution in [2.45, 2.75) is 63.3 Å². The van der Waals surface area contributed by atoms with Crippen molar-refractivity contribution >= 4 is 52.4 Å². The number of aliphatic carboxylic acids is 2. The number of aromatic amines is 1. The molecule has 0 fully saturated rings. The highest BCUT2D eigenvalue weighted by molar-refractivity contribution is 5.97. The Labute approximate surface area is 297 Å². The number of carbonyl (C=O) groups is 7. The molecule has 3 rings (SSSR count). The Hall–Kier alpha value is -6.01. The van der Waals surface area contributed by atoms with Crippen LogP contribution in [0, 0.1) is 5.92 Å². The number of aromatic hydroxyl groups is 1. The molecule has 1 aromatic heterocycles. The molecule has 0 saturated heterocycles. The van der Waals surface area contributed by atoms with Crippen molar-refractivity contribution in [3.05, 3.63) is 65.9 Å². The molecule has 5 atom stereocenters. The molecule has 0 aliphatic rings. The third kappa shape index (κ3) is 11.8. The number of hydrogen-bond donors (Lipinski definition) is 11. The predicted octanol–water partition coefficient (Wildman–Crippen LogP) is -1.75. The van der Waals surface area contributed by atoms with Gasteiger partial charge in [0.2, 0.25) is 29.5 Å². The average Bonchev–Trinajstić information content (AvgIpc) is 3.50. The molecule has 280 valence electrons. The van der Waals surface area contributed by atoms with Crippen molar-refractivity contribution in [1.29, 1.82) is 0 Å². The molecule has 0 radical (unpaired) electrons. The van der Waals surface area contributed by atoms with Gasteiger partial charge < -0.3 is 57.7 Å². The summed E-state index contributed by atoms with van der Waals surface area (Å²) in [4.78, 5) is 91.3. The summed E-state index contributed by atoms with van der Waals surface area (Å²) in [5, 5.41) is 50.6. The fourth-order valence-electron chi connectivity index (χ4n) is 5.14. The van der Waals surface area contributed by atoms with Crippen LogP contribution in [0.15, 0.2) is 54.7 Å². The van der Waals surface area contributed by atoms with Gasteiger partial charge in [0.1, 0.15) is 29.9 Å². The van der Waals surface area contributed by atoms with Gasteiger partial charge in [-0.3, -0.25) is 28.8 Å². The Balaban J connectivity index is 1.69. The number of phenols is 1. The minimum absolute atomic E-state index is 0.0233. The molecule has 18 nitrogen and oxygen atoms in total. The van der Waals surface area contributed by atoms with E-state index in [4.69, 9.17) is 5.73 Å². The second-order valence-corrected chi connectivity index (χ2v) is 12.3. The summed E-state index contributed by atoms with van der Waals surface area (Å²) in [6.07, 6.45) is 0.623. The molecule has 0 aliphatic carbocycles. The van der Waals surface area contributed by atoms with Crippen LogP contribution in [0.25, 0.3) is 10.9 Å². The number of carboxylic acid groups (broad SMARTS) is 2. The fraction of sp³-hybridized carbons (Fsp3) is 0.382. The van der Waals surface area contributed by atoms with Crippen molar-refractivity contribution in [2.24, 2.45) is 11.7 Å². The van der Waals surface area contributed by atoms with E-state index < -0.39 is 97.2 Å². The first-order chi connectivity index (χ1) is 24.6. The number of nitrogens with one attached hydrogen (secondary N) is 6. The number of fused-ring (bicyclic) bond motifs is 1. The Morgan fingerprint density at radius 2 is 1.38 bits per heavy atom. The third-order valence-electron chi connectivity index (χ3n) is 7.96. The van der Waals surface area contributed by atoms with Crippen molar-refractivity contribution in [3.63, 3.8) is 0 Å². The number of aromatic nitrogens is 1. The smallest absolute Gasteiger partial charge is 0.326 e. The van der Waals surface area contributed by atoms with Gasteiger partial charge in [0.05, 0.1) is 25.6 Å². The van der Waals surface area contributed by atoms with Gasteiger partial charge in [-0.05, 0) is 41.7 Å². The van der Waals surface area contributed by atoms with Crippen molar-refractivity contribution < 1.29 is 54.0 Å². The maximum atomic E-state index is 13.4. The summed E-state index contributed by atoms with van der Waals surface area (Å²) in [6.45, 7) is 1.47. The molecule has 5 amide bonds. The van der Waals surface area contributed by atoms with Crippen LogP contribution in [0.4, 0.5) is 0 Å². The van der Waals surface area contributed by atoms with Gasteiger partial charge >= 0.3 is 11.9 Å². The molecule has 0 bridgehead atoms. The van der Waals surface area contributed by atoms with Gasteiger partial charge in [-0.1, -0.05) is 44.2 Å². The van der Waals surface area contributed by atoms with E-state index in [1.165, 1.54) is 12.1 Å². The molecule has 0 unspecified atom stereocenters. The lowest BCUT2D eigenvalue weighted by molar-refractivity contribution is -0.143. The van der Waals surface area contributed by atoms with Crippen LogP contribution in [0.3, 0.4) is 0 Å². The normalized spacial score (nSPS) is 13.9. The first-order valence-corrected chi connectivity index (χ1v) is 16.2. The zero-order valence-electron chi connectivity index (χ0n) is 28.4. The number of carbonyl (C=O) groups excluding carboxylic acids is 5. The number of phenolic OH excluding ortho intramolecular Hbond substituents is 1. The predicted molar refractivity (Wildman–Crippen MR) is 184 cm³/mol. The standard InChI is InChI=1S/C34H43N7O11/c1-17(2)29(34(51)52)41-32(49)24(12-19-14-36-23-6-4-3-5-21(19)23)39-33(50)26(16-42)40-31(48)25(13-28(45)46)38-27(44)15-37-30(47)22(35)11-18-7-9-20(43)10-8-18/h3-10,14,17,22,24-26,29,36,42-43H,11-13,15-16,35H2,1-2H3,(H,37,47)(H,38,44)(H,39,50)(H,40,48)(H,41,49)(H,45,46)(H,51,52)/t22-,24-,25-,26-,29-/m0/s1. The van der Waals surface area contributed by atoms with Crippen LogP contribution in [0.5, 0.6) is 5.75 Å². The van der Waals surface area contributed by atoms with E-state index in [0.29, 0.717) is 11.1 Å². The molecule has 52 heavy (non-hydrogen) atoms. The number of para-hydroxylation sites is 1. The van der Waals surface area contributed by atoms with Crippen LogP contribution in [0.2, 0.25) is 0 Å². The van der Waals surface area contributed by atoms with Crippen LogP contribution >= 0.6 is 0 Å². The summed E-state index contributed by atoms with van der Waals surface area (Å²) in [7, 11) is 0. The summed E-state index contributed by atoms with van der Waals surface area (Å²) >= 11 is 0. The number of rotatable bonds is 19. The van der Waals surface area contributed by atoms with Crippen LogP contribution < -0.4 is 32.3 Å². The van der Waals surface area contributed by atoms with Gasteiger partial charge in [0, 0.05) is 23.5 Å². The van der Waals surface area contributed by atoms with E-state index in [1.807, 2.05) is 0 Å². The minimum Gasteiger partial charge on any atom is -0.508 e. The van der Waals surface area contributed by atoms with E-state index in [9.17, 15) is 54.0 Å². The third-order valence-corrected chi connectivity index (χ3v) is 7.96. The maximum absolute atomic E-state index is 13.4. The van der Waals surface area contributed by atoms with Crippen LogP contribution in [0.1, 0.15) is 31.4 Å². The van der Waals surface area contributed by atoms with Gasteiger partial charge in [-0.2, -0.15) is 0 Å². The SMILES string of the molecule is CC(C)[C@H](NC(=O)[C@H](Cc1c[nH]c2ccccc12)NC(=O)[C@H](CO)NC(=O)[C@H](CC(=O)O)NC(=O)CNC(=O)[C@@H](N)Cc1ccc(O)cc1)C(=O)O. The summed E-state index contributed by atoms with van der Waals surface area (Å²) in [5.74, 6) is -8.10. The van der Waals surface area contributed by atoms with E-state index in [1.54, 1.807) is 56.4 Å². The summed E-state index contributed by atoms with van der Waals surface area (Å²) < 4.78 is 0. The molecule has 0 aliphatic heterocycles. The molecule has 1 heterocycles. The Morgan fingerprint density at radius 3 is 2.00 bits per heavy atom. The molecule has 0 saturated carbocycles. The number of H-pyrrole nitrogens is 1. The van der Waals surface area contributed by atoms with Crippen molar-refractivity contribution in [3.8, 4) is 5.75 Å². The van der Waals surface area contributed by atoms with Crippen LogP contribution in [-0.4, -0.2) is 110 Å². The second kappa shape index (κ2) is 18.8. The molecular formula is C34H43N7O11. The number of aliphatic hydroxyl groups is 1. The number of hydrogen-bond acceptors (Lipinski definition) is 10. The number of nitrogens with two attached hydrogens (primary N) is 1. The monoisotopic (exact) mass is 725 g/mol. The number of carboxylic acids is 2. The van der Waals surface area contributed by atoms with Gasteiger partial charge in [-0.15, -0.1) is 0 Å². The number of benzene rings is 2.